The summed E-state index contributed by atoms with van der Waals surface area (Å²) in [5, 5.41) is 4.22. The number of benzene rings is 1. The molecule has 0 saturated carbocycles. The van der Waals surface area contributed by atoms with Crippen molar-refractivity contribution >= 4 is 11.0 Å². The number of nitrogens with zero attached hydrogens (tertiary/aromatic N) is 5. The van der Waals surface area contributed by atoms with Gasteiger partial charge in [-0.2, -0.15) is 4.98 Å². The Bertz CT molecular complexity index is 1540. The van der Waals surface area contributed by atoms with Gasteiger partial charge in [-0.25, -0.2) is 14.8 Å². The maximum absolute atomic E-state index is 12.2. The van der Waals surface area contributed by atoms with E-state index < -0.39 is 11.2 Å². The molecular weight excluding hydrogens is 412 g/mol. The summed E-state index contributed by atoms with van der Waals surface area (Å²) in [4.78, 5) is 39.2. The summed E-state index contributed by atoms with van der Waals surface area (Å²) in [6.07, 6.45) is 1.46. The molecule has 0 amide bonds. The summed E-state index contributed by atoms with van der Waals surface area (Å²) in [6, 6.07) is 16.6. The number of pyridine rings is 2. The number of ether oxygens (including phenoxy) is 1. The van der Waals surface area contributed by atoms with Gasteiger partial charge in [0.1, 0.15) is 17.9 Å². The van der Waals surface area contributed by atoms with Crippen molar-refractivity contribution in [3.8, 4) is 28.9 Å². The second-order valence-corrected chi connectivity index (χ2v) is 6.97. The number of aryl methyl sites for hydroxylation is 1. The van der Waals surface area contributed by atoms with Crippen LogP contribution in [0.15, 0.2) is 74.9 Å². The Morgan fingerprint density at radius 2 is 1.91 bits per heavy atom. The first kappa shape index (κ1) is 19.4. The number of rotatable bonds is 5. The molecule has 32 heavy (non-hydrogen) atoms. The highest BCUT2D eigenvalue weighted by molar-refractivity contribution is 5.78. The molecule has 0 atom stereocenters. The van der Waals surface area contributed by atoms with E-state index in [-0.39, 0.29) is 22.7 Å². The number of nitrogens with one attached hydrogen (secondary N) is 1. The molecule has 5 rings (SSSR count). The molecule has 4 heterocycles. The maximum Gasteiger partial charge on any atom is 0.329 e. The van der Waals surface area contributed by atoms with Crippen LogP contribution in [0.4, 0.5) is 0 Å². The van der Waals surface area contributed by atoms with Crippen LogP contribution >= 0.6 is 0 Å². The fourth-order valence-corrected chi connectivity index (χ4v) is 3.15. The van der Waals surface area contributed by atoms with Gasteiger partial charge in [0.05, 0.1) is 10.9 Å². The van der Waals surface area contributed by atoms with E-state index in [4.69, 9.17) is 9.26 Å². The topological polar surface area (TPSA) is 129 Å². The number of aromatic nitrogens is 6. The van der Waals surface area contributed by atoms with Crippen LogP contribution in [0.5, 0.6) is 5.88 Å². The van der Waals surface area contributed by atoms with E-state index in [9.17, 15) is 9.59 Å². The number of hydrogen-bond donors (Lipinski definition) is 1. The van der Waals surface area contributed by atoms with Crippen LogP contribution in [0.3, 0.4) is 0 Å². The van der Waals surface area contributed by atoms with Gasteiger partial charge in [-0.05, 0) is 17.7 Å². The average Bonchev–Trinajstić information content (AvgIpc) is 3.32. The lowest BCUT2D eigenvalue weighted by molar-refractivity contribution is 0.294. The Morgan fingerprint density at radius 3 is 2.75 bits per heavy atom. The standard InChI is InChI=1S/C22H16N6O4/c1-28-19-15(20(29)26-22(28)30)10-14(11-23-19)21-25-18(27-32-21)16-8-5-9-17(24-16)31-12-13-6-3-2-4-7-13/h2-11H,12H2,1H3,(H,26,29,30). The van der Waals surface area contributed by atoms with Gasteiger partial charge in [0, 0.05) is 19.3 Å². The van der Waals surface area contributed by atoms with Crippen molar-refractivity contribution in [2.75, 3.05) is 0 Å². The van der Waals surface area contributed by atoms with Crippen LogP contribution < -0.4 is 16.0 Å². The predicted octanol–water partition coefficient (Wildman–Crippen LogP) is 2.31. The normalized spacial score (nSPS) is 11.0. The average molecular weight is 428 g/mol. The molecule has 0 aliphatic heterocycles. The zero-order valence-corrected chi connectivity index (χ0v) is 16.8. The first-order valence-corrected chi connectivity index (χ1v) is 9.66. The van der Waals surface area contributed by atoms with E-state index in [0.717, 1.165) is 5.56 Å². The highest BCUT2D eigenvalue weighted by atomic mass is 16.5. The Labute approximate surface area is 180 Å². The van der Waals surface area contributed by atoms with E-state index in [2.05, 4.69) is 25.1 Å². The van der Waals surface area contributed by atoms with Crippen LogP contribution in [0.25, 0.3) is 34.0 Å². The smallest absolute Gasteiger partial charge is 0.329 e. The summed E-state index contributed by atoms with van der Waals surface area (Å²) < 4.78 is 12.4. The van der Waals surface area contributed by atoms with E-state index in [1.807, 2.05) is 30.3 Å². The van der Waals surface area contributed by atoms with Gasteiger partial charge in [-0.3, -0.25) is 14.3 Å². The molecule has 0 unspecified atom stereocenters. The van der Waals surface area contributed by atoms with Crippen LogP contribution in [0.2, 0.25) is 0 Å². The monoisotopic (exact) mass is 428 g/mol. The second kappa shape index (κ2) is 7.91. The third-order valence-electron chi connectivity index (χ3n) is 4.81. The third kappa shape index (κ3) is 3.65. The molecule has 1 aromatic carbocycles. The van der Waals surface area contributed by atoms with E-state index in [1.54, 1.807) is 24.3 Å². The van der Waals surface area contributed by atoms with Crippen LogP contribution in [0.1, 0.15) is 5.56 Å². The molecule has 0 bridgehead atoms. The quantitative estimate of drug-likeness (QED) is 0.452. The van der Waals surface area contributed by atoms with Crippen LogP contribution in [-0.2, 0) is 13.7 Å². The van der Waals surface area contributed by atoms with Gasteiger partial charge in [0.15, 0.2) is 0 Å². The van der Waals surface area contributed by atoms with Crippen molar-refractivity contribution in [1.82, 2.24) is 29.7 Å². The molecule has 0 spiro atoms. The lowest BCUT2D eigenvalue weighted by atomic mass is 10.2. The Kier molecular flexibility index (Phi) is 4.79. The number of fused-ring (bicyclic) bond motifs is 1. The fourth-order valence-electron chi connectivity index (χ4n) is 3.15. The van der Waals surface area contributed by atoms with Gasteiger partial charge in [-0.15, -0.1) is 0 Å². The molecule has 5 aromatic rings. The highest BCUT2D eigenvalue weighted by Gasteiger charge is 2.15. The Hall–Kier alpha value is -4.60. The zero-order valence-electron chi connectivity index (χ0n) is 16.8. The summed E-state index contributed by atoms with van der Waals surface area (Å²) in [5.74, 6) is 0.859. The highest BCUT2D eigenvalue weighted by Crippen LogP contribution is 2.23. The Morgan fingerprint density at radius 1 is 1.06 bits per heavy atom. The fraction of sp³-hybridized carbons (Fsp3) is 0.0909. The molecule has 0 aliphatic rings. The van der Waals surface area contributed by atoms with Crippen molar-refractivity contribution < 1.29 is 9.26 Å². The van der Waals surface area contributed by atoms with Crippen molar-refractivity contribution in [1.29, 1.82) is 0 Å². The number of H-pyrrole nitrogens is 1. The van der Waals surface area contributed by atoms with Crippen molar-refractivity contribution in [2.24, 2.45) is 7.05 Å². The molecule has 10 nitrogen and oxygen atoms in total. The predicted molar refractivity (Wildman–Crippen MR) is 115 cm³/mol. The summed E-state index contributed by atoms with van der Waals surface area (Å²) >= 11 is 0. The SMILES string of the molecule is Cn1c(=O)[nH]c(=O)c2cc(-c3nc(-c4cccc(OCc5ccccc5)n4)no3)cnc21. The molecular formula is C22H16N6O4. The largest absolute Gasteiger partial charge is 0.473 e. The van der Waals surface area contributed by atoms with Crippen LogP contribution in [-0.4, -0.2) is 29.7 Å². The van der Waals surface area contributed by atoms with Crippen LogP contribution in [0, 0.1) is 0 Å². The van der Waals surface area contributed by atoms with Gasteiger partial charge < -0.3 is 9.26 Å². The zero-order chi connectivity index (χ0) is 22.1. The van der Waals surface area contributed by atoms with Gasteiger partial charge >= 0.3 is 5.69 Å². The third-order valence-corrected chi connectivity index (χ3v) is 4.81. The number of hydrogen-bond acceptors (Lipinski definition) is 8. The molecule has 158 valence electrons. The summed E-state index contributed by atoms with van der Waals surface area (Å²) in [5.41, 5.74) is 1.12. The summed E-state index contributed by atoms with van der Waals surface area (Å²) in [7, 11) is 1.52. The lowest BCUT2D eigenvalue weighted by Crippen LogP contribution is -2.28. The number of aromatic amines is 1. The molecule has 0 radical (unpaired) electrons. The molecule has 0 saturated heterocycles. The first-order chi connectivity index (χ1) is 15.6. The van der Waals surface area contributed by atoms with Crippen molar-refractivity contribution in [2.45, 2.75) is 6.61 Å². The van der Waals surface area contributed by atoms with Gasteiger partial charge in [0.2, 0.25) is 11.7 Å². The molecule has 4 aromatic heterocycles. The van der Waals surface area contributed by atoms with E-state index in [1.165, 1.54) is 17.8 Å². The molecule has 0 fully saturated rings. The lowest BCUT2D eigenvalue weighted by Gasteiger charge is -2.05. The second-order valence-electron chi connectivity index (χ2n) is 6.97. The van der Waals surface area contributed by atoms with Crippen molar-refractivity contribution in [3.63, 3.8) is 0 Å². The molecule has 10 heteroatoms. The maximum atomic E-state index is 12.2. The van der Waals surface area contributed by atoms with Gasteiger partial charge in [-0.1, -0.05) is 41.6 Å². The minimum atomic E-state index is -0.540. The minimum absolute atomic E-state index is 0.167. The van der Waals surface area contributed by atoms with E-state index >= 15 is 0 Å². The molecule has 1 N–H and O–H groups in total. The first-order valence-electron chi connectivity index (χ1n) is 9.66. The van der Waals surface area contributed by atoms with E-state index in [0.29, 0.717) is 23.7 Å². The molecule has 0 aliphatic carbocycles. The minimum Gasteiger partial charge on any atom is -0.473 e. The van der Waals surface area contributed by atoms with Gasteiger partial charge in [0.25, 0.3) is 11.4 Å². The Balaban J connectivity index is 1.43. The van der Waals surface area contributed by atoms with Crippen molar-refractivity contribution in [3.05, 3.63) is 87.2 Å². The summed E-state index contributed by atoms with van der Waals surface area (Å²) in [6.45, 7) is 0.384.